The van der Waals surface area contributed by atoms with E-state index in [-0.39, 0.29) is 17.8 Å². The lowest BCUT2D eigenvalue weighted by molar-refractivity contribution is -0.274. The fraction of sp³-hybridized carbons (Fsp3) is 0.273. The molecule has 1 aromatic heterocycles. The molecule has 1 aliphatic heterocycles. The van der Waals surface area contributed by atoms with E-state index >= 15 is 0 Å². The van der Waals surface area contributed by atoms with Gasteiger partial charge in [0.25, 0.3) is 0 Å². The second-order valence-electron chi connectivity index (χ2n) is 7.64. The van der Waals surface area contributed by atoms with Crippen LogP contribution in [-0.4, -0.2) is 47.0 Å². The zero-order chi connectivity index (χ0) is 23.6. The molecule has 0 radical (unpaired) electrons. The van der Waals surface area contributed by atoms with E-state index in [1.54, 1.807) is 35.2 Å². The monoisotopic (exact) mass is 461 g/mol. The molecule has 0 unspecified atom stereocenters. The second kappa shape index (κ2) is 8.93. The number of nitrogens with one attached hydrogen (secondary N) is 2. The molecule has 1 aliphatic rings. The predicted molar refractivity (Wildman–Crippen MR) is 117 cm³/mol. The molecule has 2 aromatic carbocycles. The van der Waals surface area contributed by atoms with Gasteiger partial charge in [0.1, 0.15) is 5.75 Å². The number of amides is 3. The summed E-state index contributed by atoms with van der Waals surface area (Å²) in [4.78, 5) is 26.4. The van der Waals surface area contributed by atoms with E-state index in [0.717, 1.165) is 12.8 Å². The molecule has 8 nitrogen and oxygen atoms in total. The summed E-state index contributed by atoms with van der Waals surface area (Å²) in [6, 6.07) is 11.5. The Balaban J connectivity index is 1.43. The van der Waals surface area contributed by atoms with E-state index in [4.69, 9.17) is 5.73 Å². The normalized spacial score (nSPS) is 16.1. The molecule has 1 saturated heterocycles. The van der Waals surface area contributed by atoms with Crippen molar-refractivity contribution in [2.75, 3.05) is 23.7 Å². The first kappa shape index (κ1) is 22.3. The number of carbonyl (C=O) groups is 2. The number of rotatable bonds is 5. The molecule has 0 spiro atoms. The van der Waals surface area contributed by atoms with Gasteiger partial charge in [0.15, 0.2) is 0 Å². The number of carbonyl (C=O) groups excluding carboxylic acids is 2. The zero-order valence-electron chi connectivity index (χ0n) is 17.4. The minimum atomic E-state index is -4.77. The van der Waals surface area contributed by atoms with Gasteiger partial charge in [-0.1, -0.05) is 24.3 Å². The largest absolute Gasteiger partial charge is 0.573 e. The number of nitrogens with zero attached hydrogens (tertiary/aromatic N) is 2. The lowest BCUT2D eigenvalue weighted by Gasteiger charge is -2.25. The SMILES string of the molecule is NC(=O)n1cc(NC(=O)N2CCC[C@H]2CNc2cccc(OC(F)(F)F)c2)c2ccccc21. The van der Waals surface area contributed by atoms with Crippen LogP contribution in [0.1, 0.15) is 12.8 Å². The Morgan fingerprint density at radius 2 is 1.94 bits per heavy atom. The number of likely N-dealkylation sites (tertiary alicyclic amines) is 1. The standard InChI is InChI=1S/C22H22F3N5O3/c23-22(24,25)33-16-7-3-5-14(11-16)27-12-15-6-4-10-29(15)21(32)28-18-13-30(20(26)31)19-9-2-1-8-17(18)19/h1-3,5,7-9,11,13,15,27H,4,6,10,12H2,(H2,26,31)(H,28,32)/t15-/m0/s1. The minimum Gasteiger partial charge on any atom is -0.406 e. The number of para-hydroxylation sites is 1. The number of benzene rings is 2. The van der Waals surface area contributed by atoms with Crippen molar-refractivity contribution in [3.63, 3.8) is 0 Å². The average molecular weight is 461 g/mol. The van der Waals surface area contributed by atoms with E-state index < -0.39 is 12.4 Å². The Hall–Kier alpha value is -3.89. The van der Waals surface area contributed by atoms with Crippen molar-refractivity contribution in [1.29, 1.82) is 0 Å². The highest BCUT2D eigenvalue weighted by Crippen LogP contribution is 2.28. The van der Waals surface area contributed by atoms with Crippen molar-refractivity contribution in [3.05, 3.63) is 54.7 Å². The third-order valence-corrected chi connectivity index (χ3v) is 5.44. The van der Waals surface area contributed by atoms with Crippen molar-refractivity contribution < 1.29 is 27.5 Å². The number of nitrogens with two attached hydrogens (primary N) is 1. The fourth-order valence-electron chi connectivity index (χ4n) is 4.00. The molecule has 33 heavy (non-hydrogen) atoms. The Kier molecular flexibility index (Phi) is 6.03. The number of ether oxygens (including phenoxy) is 1. The van der Waals surface area contributed by atoms with Gasteiger partial charge in [0.05, 0.1) is 17.2 Å². The van der Waals surface area contributed by atoms with Crippen LogP contribution in [0.5, 0.6) is 5.75 Å². The molecule has 2 heterocycles. The molecule has 3 amide bonds. The number of fused-ring (bicyclic) bond motifs is 1. The van der Waals surface area contributed by atoms with E-state index in [1.165, 1.54) is 29.0 Å². The van der Waals surface area contributed by atoms with Crippen molar-refractivity contribution in [1.82, 2.24) is 9.47 Å². The molecule has 3 aromatic rings. The number of anilines is 2. The molecule has 1 atom stereocenters. The molecule has 0 aliphatic carbocycles. The summed E-state index contributed by atoms with van der Waals surface area (Å²) in [5.41, 5.74) is 6.93. The smallest absolute Gasteiger partial charge is 0.406 e. The molecule has 174 valence electrons. The maximum absolute atomic E-state index is 13.0. The fourth-order valence-corrected chi connectivity index (χ4v) is 4.00. The summed E-state index contributed by atoms with van der Waals surface area (Å²) in [7, 11) is 0. The van der Waals surface area contributed by atoms with E-state index in [9.17, 15) is 22.8 Å². The van der Waals surface area contributed by atoms with Crippen LogP contribution >= 0.6 is 0 Å². The average Bonchev–Trinajstić information content (AvgIpc) is 3.36. The van der Waals surface area contributed by atoms with Crippen LogP contribution < -0.4 is 21.1 Å². The van der Waals surface area contributed by atoms with Gasteiger partial charge >= 0.3 is 18.4 Å². The maximum atomic E-state index is 13.0. The van der Waals surface area contributed by atoms with Gasteiger partial charge in [-0.3, -0.25) is 4.57 Å². The van der Waals surface area contributed by atoms with Crippen molar-refractivity contribution in [2.24, 2.45) is 5.73 Å². The Labute approximate surface area is 187 Å². The second-order valence-corrected chi connectivity index (χ2v) is 7.64. The Bertz CT molecular complexity index is 1180. The van der Waals surface area contributed by atoms with Gasteiger partial charge < -0.3 is 26.0 Å². The van der Waals surface area contributed by atoms with Crippen molar-refractivity contribution >= 4 is 34.3 Å². The molecule has 0 bridgehead atoms. The molecule has 11 heteroatoms. The highest BCUT2D eigenvalue weighted by molar-refractivity contribution is 6.04. The van der Waals surface area contributed by atoms with Crippen molar-refractivity contribution in [2.45, 2.75) is 25.2 Å². The van der Waals surface area contributed by atoms with E-state index in [1.807, 2.05) is 0 Å². The summed E-state index contributed by atoms with van der Waals surface area (Å²) in [6.07, 6.45) is -1.75. The molecule has 4 N–H and O–H groups in total. The molecule has 4 rings (SSSR count). The number of aromatic nitrogens is 1. The van der Waals surface area contributed by atoms with Crippen LogP contribution in [0, 0.1) is 0 Å². The number of hydrogen-bond donors (Lipinski definition) is 3. The number of primary amides is 1. The summed E-state index contributed by atoms with van der Waals surface area (Å²) in [5, 5.41) is 6.61. The first-order chi connectivity index (χ1) is 15.7. The van der Waals surface area contributed by atoms with Crippen LogP contribution in [-0.2, 0) is 0 Å². The highest BCUT2D eigenvalue weighted by Gasteiger charge is 2.31. The number of urea groups is 1. The van der Waals surface area contributed by atoms with Crippen molar-refractivity contribution in [3.8, 4) is 5.75 Å². The Morgan fingerprint density at radius 3 is 2.70 bits per heavy atom. The van der Waals surface area contributed by atoms with Gasteiger partial charge in [0, 0.05) is 36.4 Å². The minimum absolute atomic E-state index is 0.165. The third kappa shape index (κ3) is 5.13. The zero-order valence-corrected chi connectivity index (χ0v) is 17.4. The van der Waals surface area contributed by atoms with Crippen LogP contribution in [0.4, 0.5) is 34.1 Å². The van der Waals surface area contributed by atoms with E-state index in [0.29, 0.717) is 35.4 Å². The predicted octanol–water partition coefficient (Wildman–Crippen LogP) is 4.58. The molecule has 0 saturated carbocycles. The summed E-state index contributed by atoms with van der Waals surface area (Å²) in [6.45, 7) is 0.885. The van der Waals surface area contributed by atoms with E-state index in [2.05, 4.69) is 15.4 Å². The highest BCUT2D eigenvalue weighted by atomic mass is 19.4. The molecular weight excluding hydrogens is 439 g/mol. The first-order valence-electron chi connectivity index (χ1n) is 10.3. The van der Waals surface area contributed by atoms with Gasteiger partial charge in [-0.25, -0.2) is 9.59 Å². The maximum Gasteiger partial charge on any atom is 0.573 e. The quantitative estimate of drug-likeness (QED) is 0.518. The topological polar surface area (TPSA) is 102 Å². The number of halogens is 3. The van der Waals surface area contributed by atoms with Crippen LogP contribution in [0.15, 0.2) is 54.7 Å². The first-order valence-corrected chi connectivity index (χ1v) is 10.3. The molecule has 1 fully saturated rings. The van der Waals surface area contributed by atoms with Gasteiger partial charge in [-0.05, 0) is 31.0 Å². The number of hydrogen-bond acceptors (Lipinski definition) is 4. The Morgan fingerprint density at radius 1 is 1.15 bits per heavy atom. The van der Waals surface area contributed by atoms with Gasteiger partial charge in [-0.2, -0.15) is 0 Å². The van der Waals surface area contributed by atoms with Gasteiger partial charge in [-0.15, -0.1) is 13.2 Å². The lowest BCUT2D eigenvalue weighted by atomic mass is 10.2. The summed E-state index contributed by atoms with van der Waals surface area (Å²) < 4.78 is 42.6. The summed E-state index contributed by atoms with van der Waals surface area (Å²) in [5.74, 6) is -0.320. The van der Waals surface area contributed by atoms with Crippen LogP contribution in [0.3, 0.4) is 0 Å². The van der Waals surface area contributed by atoms with Gasteiger partial charge in [0.2, 0.25) is 0 Å². The third-order valence-electron chi connectivity index (χ3n) is 5.44. The van der Waals surface area contributed by atoms with Crippen LogP contribution in [0.2, 0.25) is 0 Å². The number of alkyl halides is 3. The summed E-state index contributed by atoms with van der Waals surface area (Å²) >= 11 is 0. The van der Waals surface area contributed by atoms with Crippen LogP contribution in [0.25, 0.3) is 10.9 Å². The lowest BCUT2D eigenvalue weighted by Crippen LogP contribution is -2.42. The molecular formula is C22H22F3N5O3.